The highest BCUT2D eigenvalue weighted by atomic mass is 15.2. The normalized spacial score (nSPS) is 32.4. The summed E-state index contributed by atoms with van der Waals surface area (Å²) in [6.07, 6.45) is 4.70. The predicted octanol–water partition coefficient (Wildman–Crippen LogP) is 3.44. The van der Waals surface area contributed by atoms with Gasteiger partial charge >= 0.3 is 0 Å². The smallest absolute Gasteiger partial charge is 0.0672 e. The first-order chi connectivity index (χ1) is 7.63. The number of hydrogen-bond acceptors (Lipinski definition) is 2. The van der Waals surface area contributed by atoms with Crippen LogP contribution in [0.15, 0.2) is 0 Å². The van der Waals surface area contributed by atoms with E-state index in [1.807, 2.05) is 0 Å². The van der Waals surface area contributed by atoms with Crippen molar-refractivity contribution in [1.29, 1.82) is 5.26 Å². The van der Waals surface area contributed by atoms with Gasteiger partial charge in [0.2, 0.25) is 0 Å². The van der Waals surface area contributed by atoms with Crippen LogP contribution < -0.4 is 0 Å². The van der Waals surface area contributed by atoms with Crippen molar-refractivity contribution in [3.05, 3.63) is 0 Å². The second-order valence-electron chi connectivity index (χ2n) is 5.31. The van der Waals surface area contributed by atoms with Gasteiger partial charge in [-0.2, -0.15) is 5.26 Å². The van der Waals surface area contributed by atoms with Gasteiger partial charge in [0, 0.05) is 12.1 Å². The molecule has 1 rings (SSSR count). The molecule has 2 nitrogen and oxygen atoms in total. The Morgan fingerprint density at radius 3 is 2.56 bits per heavy atom. The van der Waals surface area contributed by atoms with E-state index in [-0.39, 0.29) is 5.92 Å². The molecule has 4 unspecified atom stereocenters. The van der Waals surface area contributed by atoms with Crippen molar-refractivity contribution in [2.24, 2.45) is 11.8 Å². The van der Waals surface area contributed by atoms with Gasteiger partial charge in [0.15, 0.2) is 0 Å². The molecular weight excluding hydrogens is 196 g/mol. The summed E-state index contributed by atoms with van der Waals surface area (Å²) in [5.41, 5.74) is 0. The Morgan fingerprint density at radius 1 is 1.38 bits per heavy atom. The number of nitrogens with zero attached hydrogens (tertiary/aromatic N) is 2. The maximum absolute atomic E-state index is 9.27. The Balaban J connectivity index is 2.75. The average Bonchev–Trinajstić information content (AvgIpc) is 2.30. The molecule has 92 valence electrons. The van der Waals surface area contributed by atoms with Crippen LogP contribution >= 0.6 is 0 Å². The highest BCUT2D eigenvalue weighted by Crippen LogP contribution is 2.33. The Bertz CT molecular complexity index is 244. The van der Waals surface area contributed by atoms with E-state index < -0.39 is 0 Å². The van der Waals surface area contributed by atoms with Gasteiger partial charge in [-0.25, -0.2) is 0 Å². The topological polar surface area (TPSA) is 27.0 Å². The average molecular weight is 222 g/mol. The maximum Gasteiger partial charge on any atom is 0.0672 e. The number of hydrogen-bond donors (Lipinski definition) is 0. The van der Waals surface area contributed by atoms with E-state index in [0.717, 1.165) is 18.9 Å². The number of rotatable bonds is 4. The van der Waals surface area contributed by atoms with Crippen molar-refractivity contribution in [2.45, 2.75) is 65.5 Å². The van der Waals surface area contributed by atoms with E-state index in [4.69, 9.17) is 0 Å². The molecule has 0 bridgehead atoms. The van der Waals surface area contributed by atoms with Gasteiger partial charge in [0.1, 0.15) is 0 Å². The van der Waals surface area contributed by atoms with Gasteiger partial charge in [0.05, 0.1) is 12.0 Å². The van der Waals surface area contributed by atoms with Gasteiger partial charge in [0.25, 0.3) is 0 Å². The van der Waals surface area contributed by atoms with Crippen molar-refractivity contribution >= 4 is 0 Å². The molecule has 0 aromatic rings. The summed E-state index contributed by atoms with van der Waals surface area (Å²) in [4.78, 5) is 2.55. The molecule has 0 N–H and O–H groups in total. The molecule has 0 aliphatic heterocycles. The molecule has 1 fully saturated rings. The van der Waals surface area contributed by atoms with Crippen LogP contribution in [0.4, 0.5) is 0 Å². The minimum Gasteiger partial charge on any atom is -0.297 e. The molecule has 0 radical (unpaired) electrons. The molecule has 0 aromatic heterocycles. The van der Waals surface area contributed by atoms with Crippen molar-refractivity contribution in [2.75, 3.05) is 6.54 Å². The first kappa shape index (κ1) is 13.5. The summed E-state index contributed by atoms with van der Waals surface area (Å²) in [7, 11) is 0. The van der Waals surface area contributed by atoms with Crippen molar-refractivity contribution < 1.29 is 0 Å². The molecule has 0 heterocycles. The van der Waals surface area contributed by atoms with Crippen molar-refractivity contribution in [1.82, 2.24) is 4.90 Å². The minimum atomic E-state index is 0.255. The molecule has 0 saturated heterocycles. The molecule has 0 aromatic carbocycles. The lowest BCUT2D eigenvalue weighted by Gasteiger charge is -2.42. The summed E-state index contributed by atoms with van der Waals surface area (Å²) in [5, 5.41) is 9.27. The highest BCUT2D eigenvalue weighted by molar-refractivity contribution is 4.97. The van der Waals surface area contributed by atoms with E-state index in [2.05, 4.69) is 38.7 Å². The van der Waals surface area contributed by atoms with Crippen molar-refractivity contribution in [3.63, 3.8) is 0 Å². The third kappa shape index (κ3) is 2.98. The van der Waals surface area contributed by atoms with Gasteiger partial charge in [-0.3, -0.25) is 4.90 Å². The van der Waals surface area contributed by atoms with E-state index in [1.54, 1.807) is 0 Å². The highest BCUT2D eigenvalue weighted by Gasteiger charge is 2.33. The largest absolute Gasteiger partial charge is 0.297 e. The van der Waals surface area contributed by atoms with Crippen LogP contribution in [0.1, 0.15) is 53.4 Å². The predicted molar refractivity (Wildman–Crippen MR) is 68.0 cm³/mol. The van der Waals surface area contributed by atoms with Crippen LogP contribution in [-0.4, -0.2) is 23.5 Å². The van der Waals surface area contributed by atoms with E-state index >= 15 is 0 Å². The van der Waals surface area contributed by atoms with Crippen LogP contribution in [0.2, 0.25) is 0 Å². The zero-order chi connectivity index (χ0) is 12.1. The Morgan fingerprint density at radius 2 is 2.06 bits per heavy atom. The minimum absolute atomic E-state index is 0.255. The fraction of sp³-hybridized carbons (Fsp3) is 0.929. The van der Waals surface area contributed by atoms with Crippen LogP contribution in [-0.2, 0) is 0 Å². The maximum atomic E-state index is 9.27. The summed E-state index contributed by atoms with van der Waals surface area (Å²) in [6.45, 7) is 10.1. The number of nitriles is 1. The second-order valence-corrected chi connectivity index (χ2v) is 5.31. The first-order valence-electron chi connectivity index (χ1n) is 6.79. The van der Waals surface area contributed by atoms with Gasteiger partial charge in [-0.05, 0) is 45.1 Å². The summed E-state index contributed by atoms with van der Waals surface area (Å²) in [5.74, 6) is 1.04. The van der Waals surface area contributed by atoms with Crippen LogP contribution in [0.3, 0.4) is 0 Å². The van der Waals surface area contributed by atoms with Crippen LogP contribution in [0.25, 0.3) is 0 Å². The fourth-order valence-electron chi connectivity index (χ4n) is 2.98. The second kappa shape index (κ2) is 6.25. The fourth-order valence-corrected chi connectivity index (χ4v) is 2.98. The van der Waals surface area contributed by atoms with E-state index in [9.17, 15) is 5.26 Å². The molecule has 2 heteroatoms. The lowest BCUT2D eigenvalue weighted by atomic mass is 9.78. The van der Waals surface area contributed by atoms with Crippen LogP contribution in [0.5, 0.6) is 0 Å². The summed E-state index contributed by atoms with van der Waals surface area (Å²) >= 11 is 0. The Hall–Kier alpha value is -0.550. The molecule has 1 saturated carbocycles. The molecule has 16 heavy (non-hydrogen) atoms. The zero-order valence-electron chi connectivity index (χ0n) is 11.2. The van der Waals surface area contributed by atoms with Crippen molar-refractivity contribution in [3.8, 4) is 6.07 Å². The summed E-state index contributed by atoms with van der Waals surface area (Å²) in [6, 6.07) is 3.63. The monoisotopic (exact) mass is 222 g/mol. The first-order valence-corrected chi connectivity index (χ1v) is 6.79. The Kier molecular flexibility index (Phi) is 5.28. The van der Waals surface area contributed by atoms with E-state index in [0.29, 0.717) is 12.1 Å². The van der Waals surface area contributed by atoms with Gasteiger partial charge in [-0.15, -0.1) is 0 Å². The van der Waals surface area contributed by atoms with Crippen LogP contribution in [0, 0.1) is 23.2 Å². The third-order valence-electron chi connectivity index (χ3n) is 4.19. The molecule has 1 aliphatic rings. The molecule has 1 aliphatic carbocycles. The Labute approximate surface area is 101 Å². The van der Waals surface area contributed by atoms with E-state index in [1.165, 1.54) is 19.3 Å². The standard InChI is InChI=1S/C14H26N2/c1-5-12(4)16(6-2)14-9-11(3)7-8-13(14)10-15/h11-14H,5-9H2,1-4H3. The molecule has 4 atom stereocenters. The quantitative estimate of drug-likeness (QED) is 0.728. The molecule has 0 amide bonds. The SMILES string of the molecule is CCC(C)N(CC)C1CC(C)CCC1C#N. The molecule has 0 spiro atoms. The zero-order valence-corrected chi connectivity index (χ0v) is 11.2. The molecular formula is C14H26N2. The third-order valence-corrected chi connectivity index (χ3v) is 4.19. The van der Waals surface area contributed by atoms with Gasteiger partial charge < -0.3 is 0 Å². The summed E-state index contributed by atoms with van der Waals surface area (Å²) < 4.78 is 0. The lowest BCUT2D eigenvalue weighted by molar-refractivity contribution is 0.0750. The lowest BCUT2D eigenvalue weighted by Crippen LogP contribution is -2.47. The van der Waals surface area contributed by atoms with Gasteiger partial charge in [-0.1, -0.05) is 20.8 Å².